The molecule has 0 saturated carbocycles. The second-order valence-corrected chi connectivity index (χ2v) is 3.57. The van der Waals surface area contributed by atoms with Gasteiger partial charge in [-0.3, -0.25) is 4.79 Å². The molecule has 0 fully saturated rings. The van der Waals surface area contributed by atoms with Gasteiger partial charge in [0.25, 0.3) is 0 Å². The molecule has 0 radical (unpaired) electrons. The molecule has 0 saturated heterocycles. The Labute approximate surface area is 87.6 Å². The zero-order chi connectivity index (χ0) is 9.97. The number of anilines is 1. The van der Waals surface area contributed by atoms with E-state index in [1.54, 1.807) is 0 Å². The summed E-state index contributed by atoms with van der Waals surface area (Å²) in [5, 5.41) is 2.82. The van der Waals surface area contributed by atoms with E-state index in [2.05, 4.69) is 10.2 Å². The Bertz CT molecular complexity index is 365. The van der Waals surface area contributed by atoms with Crippen LogP contribution in [-0.4, -0.2) is 12.5 Å². The summed E-state index contributed by atoms with van der Waals surface area (Å²) in [4.78, 5) is 13.8. The first-order valence-corrected chi connectivity index (χ1v) is 4.93. The van der Waals surface area contributed by atoms with Crippen molar-refractivity contribution >= 4 is 23.4 Å². The summed E-state index contributed by atoms with van der Waals surface area (Å²) < 4.78 is 0. The molecule has 1 aliphatic heterocycles. The third-order valence-corrected chi connectivity index (χ3v) is 2.56. The van der Waals surface area contributed by atoms with Gasteiger partial charge in [-0.25, -0.2) is 4.84 Å². The molecule has 1 aromatic rings. The van der Waals surface area contributed by atoms with Crippen LogP contribution in [0.5, 0.6) is 0 Å². The van der Waals surface area contributed by atoms with E-state index in [9.17, 15) is 4.79 Å². The number of amides is 1. The lowest BCUT2D eigenvalue weighted by Gasteiger charge is -2.05. The van der Waals surface area contributed by atoms with Gasteiger partial charge in [-0.1, -0.05) is 12.1 Å². The summed E-state index contributed by atoms with van der Waals surface area (Å²) in [7, 11) is 0. The first-order chi connectivity index (χ1) is 6.81. The SMILES string of the molecule is O=C1Cc2c(CCNCl)cccc2N1. The Morgan fingerprint density at radius 1 is 1.50 bits per heavy atom. The van der Waals surface area contributed by atoms with E-state index < -0.39 is 0 Å². The minimum absolute atomic E-state index is 0.0753. The van der Waals surface area contributed by atoms with Crippen molar-refractivity contribution in [3.63, 3.8) is 0 Å². The fourth-order valence-corrected chi connectivity index (χ4v) is 1.83. The predicted octanol–water partition coefficient (Wildman–Crippen LogP) is 1.47. The van der Waals surface area contributed by atoms with Crippen molar-refractivity contribution in [2.75, 3.05) is 11.9 Å². The first-order valence-electron chi connectivity index (χ1n) is 4.55. The zero-order valence-electron chi connectivity index (χ0n) is 7.64. The second-order valence-electron chi connectivity index (χ2n) is 3.30. The molecule has 1 amide bonds. The van der Waals surface area contributed by atoms with Gasteiger partial charge in [-0.2, -0.15) is 0 Å². The third-order valence-electron chi connectivity index (χ3n) is 2.37. The molecule has 1 aliphatic rings. The summed E-state index contributed by atoms with van der Waals surface area (Å²) >= 11 is 5.40. The van der Waals surface area contributed by atoms with Crippen molar-refractivity contribution in [1.82, 2.24) is 4.84 Å². The molecule has 0 spiro atoms. The Morgan fingerprint density at radius 3 is 3.14 bits per heavy atom. The number of halogens is 1. The molecule has 0 unspecified atom stereocenters. The van der Waals surface area contributed by atoms with Gasteiger partial charge in [-0.15, -0.1) is 0 Å². The Hall–Kier alpha value is -1.06. The van der Waals surface area contributed by atoms with E-state index >= 15 is 0 Å². The van der Waals surface area contributed by atoms with Gasteiger partial charge in [0.15, 0.2) is 0 Å². The van der Waals surface area contributed by atoms with Crippen molar-refractivity contribution in [1.29, 1.82) is 0 Å². The van der Waals surface area contributed by atoms with E-state index in [4.69, 9.17) is 11.8 Å². The average molecular weight is 211 g/mol. The van der Waals surface area contributed by atoms with Crippen LogP contribution >= 0.6 is 11.8 Å². The standard InChI is InChI=1S/C10H11ClN2O/c11-12-5-4-7-2-1-3-9-8(7)6-10(14)13-9/h1-3,12H,4-6H2,(H,13,14). The molecule has 74 valence electrons. The lowest BCUT2D eigenvalue weighted by molar-refractivity contribution is -0.115. The summed E-state index contributed by atoms with van der Waals surface area (Å²) in [5.74, 6) is 0.0753. The Kier molecular flexibility index (Phi) is 2.70. The van der Waals surface area contributed by atoms with Gasteiger partial charge in [0, 0.05) is 12.2 Å². The number of carbonyl (C=O) groups excluding carboxylic acids is 1. The minimum Gasteiger partial charge on any atom is -0.326 e. The molecule has 1 aromatic carbocycles. The van der Waals surface area contributed by atoms with Crippen LogP contribution in [0.25, 0.3) is 0 Å². The van der Waals surface area contributed by atoms with E-state index in [-0.39, 0.29) is 5.91 Å². The summed E-state index contributed by atoms with van der Waals surface area (Å²) in [6.07, 6.45) is 1.34. The molecule has 2 N–H and O–H groups in total. The van der Waals surface area contributed by atoms with Gasteiger partial charge in [0.05, 0.1) is 6.42 Å². The predicted molar refractivity (Wildman–Crippen MR) is 56.3 cm³/mol. The van der Waals surface area contributed by atoms with Crippen molar-refractivity contribution in [3.8, 4) is 0 Å². The van der Waals surface area contributed by atoms with Gasteiger partial charge < -0.3 is 5.32 Å². The summed E-state index contributed by atoms with van der Waals surface area (Å²) in [5.41, 5.74) is 3.25. The third kappa shape index (κ3) is 1.74. The monoisotopic (exact) mass is 210 g/mol. The van der Waals surface area contributed by atoms with Crippen LogP contribution in [-0.2, 0) is 17.6 Å². The maximum Gasteiger partial charge on any atom is 0.228 e. The molecule has 14 heavy (non-hydrogen) atoms. The normalized spacial score (nSPS) is 13.9. The van der Waals surface area contributed by atoms with Crippen LogP contribution in [0.4, 0.5) is 5.69 Å². The largest absolute Gasteiger partial charge is 0.326 e. The average Bonchev–Trinajstić information content (AvgIpc) is 2.55. The van der Waals surface area contributed by atoms with Crippen LogP contribution in [0.15, 0.2) is 18.2 Å². The molecular weight excluding hydrogens is 200 g/mol. The highest BCUT2D eigenvalue weighted by molar-refractivity contribution is 6.13. The Morgan fingerprint density at radius 2 is 2.36 bits per heavy atom. The molecule has 0 bridgehead atoms. The van der Waals surface area contributed by atoms with Gasteiger partial charge in [0.1, 0.15) is 0 Å². The van der Waals surface area contributed by atoms with Crippen LogP contribution in [0.3, 0.4) is 0 Å². The molecule has 0 aromatic heterocycles. The molecule has 0 aliphatic carbocycles. The minimum atomic E-state index is 0.0753. The number of benzene rings is 1. The smallest absolute Gasteiger partial charge is 0.228 e. The van der Waals surface area contributed by atoms with Crippen LogP contribution in [0, 0.1) is 0 Å². The van der Waals surface area contributed by atoms with E-state index in [1.165, 1.54) is 5.56 Å². The lowest BCUT2D eigenvalue weighted by Crippen LogP contribution is -2.06. The lowest BCUT2D eigenvalue weighted by atomic mass is 10.0. The summed E-state index contributed by atoms with van der Waals surface area (Å²) in [6, 6.07) is 5.92. The summed E-state index contributed by atoms with van der Waals surface area (Å²) in [6.45, 7) is 0.714. The maximum atomic E-state index is 11.2. The molecule has 0 atom stereocenters. The van der Waals surface area contributed by atoms with Gasteiger partial charge in [0.2, 0.25) is 5.91 Å². The zero-order valence-corrected chi connectivity index (χ0v) is 8.40. The van der Waals surface area contributed by atoms with Gasteiger partial charge in [-0.05, 0) is 35.4 Å². The number of hydrogen-bond acceptors (Lipinski definition) is 2. The quantitative estimate of drug-likeness (QED) is 0.742. The molecule has 3 nitrogen and oxygen atoms in total. The van der Waals surface area contributed by atoms with E-state index in [1.807, 2.05) is 18.2 Å². The maximum absolute atomic E-state index is 11.2. The highest BCUT2D eigenvalue weighted by atomic mass is 35.5. The molecule has 2 rings (SSSR count). The van der Waals surface area contributed by atoms with Crippen molar-refractivity contribution in [2.45, 2.75) is 12.8 Å². The van der Waals surface area contributed by atoms with Crippen LogP contribution in [0.2, 0.25) is 0 Å². The fraction of sp³-hybridized carbons (Fsp3) is 0.300. The fourth-order valence-electron chi connectivity index (χ4n) is 1.73. The number of nitrogens with one attached hydrogen (secondary N) is 2. The first kappa shape index (κ1) is 9.49. The molecular formula is C10H11ClN2O. The van der Waals surface area contributed by atoms with Crippen molar-refractivity contribution in [2.24, 2.45) is 0 Å². The molecule has 4 heteroatoms. The Balaban J connectivity index is 2.25. The number of fused-ring (bicyclic) bond motifs is 1. The van der Waals surface area contributed by atoms with Crippen LogP contribution in [0.1, 0.15) is 11.1 Å². The van der Waals surface area contributed by atoms with Gasteiger partial charge >= 0.3 is 0 Å². The van der Waals surface area contributed by atoms with Crippen molar-refractivity contribution < 1.29 is 4.79 Å². The van der Waals surface area contributed by atoms with E-state index in [0.29, 0.717) is 13.0 Å². The molecule has 1 heterocycles. The number of hydrogen-bond donors (Lipinski definition) is 2. The van der Waals surface area contributed by atoms with E-state index in [0.717, 1.165) is 17.7 Å². The number of carbonyl (C=O) groups is 1. The highest BCUT2D eigenvalue weighted by Gasteiger charge is 2.19. The van der Waals surface area contributed by atoms with Crippen LogP contribution < -0.4 is 10.2 Å². The topological polar surface area (TPSA) is 41.1 Å². The highest BCUT2D eigenvalue weighted by Crippen LogP contribution is 2.26. The number of rotatable bonds is 3. The van der Waals surface area contributed by atoms with Crippen molar-refractivity contribution in [3.05, 3.63) is 29.3 Å². The second kappa shape index (κ2) is 3.98.